The third kappa shape index (κ3) is 3.25. The fourth-order valence-corrected chi connectivity index (χ4v) is 3.25. The highest BCUT2D eigenvalue weighted by atomic mass is 16.5. The van der Waals surface area contributed by atoms with Crippen LogP contribution in [0.2, 0.25) is 0 Å². The van der Waals surface area contributed by atoms with Crippen LogP contribution < -0.4 is 5.32 Å². The maximum absolute atomic E-state index is 5.72. The Hall–Kier alpha value is -1.45. The number of benzene rings is 1. The van der Waals surface area contributed by atoms with Crippen molar-refractivity contribution in [3.8, 4) is 0 Å². The molecule has 0 amide bonds. The molecule has 2 unspecified atom stereocenters. The number of hydrogen-bond acceptors (Lipinski definition) is 3. The molecule has 112 valence electrons. The maximum Gasteiger partial charge on any atom is 0.0705 e. The van der Waals surface area contributed by atoms with Gasteiger partial charge in [0.25, 0.3) is 0 Å². The van der Waals surface area contributed by atoms with Crippen molar-refractivity contribution in [3.05, 3.63) is 42.1 Å². The van der Waals surface area contributed by atoms with E-state index in [1.54, 1.807) is 0 Å². The quantitative estimate of drug-likeness (QED) is 0.909. The van der Waals surface area contributed by atoms with Crippen molar-refractivity contribution >= 4 is 10.9 Å². The molecule has 0 spiro atoms. The van der Waals surface area contributed by atoms with Gasteiger partial charge in [-0.05, 0) is 43.5 Å². The number of para-hydroxylation sites is 1. The number of fused-ring (bicyclic) bond motifs is 1. The minimum Gasteiger partial charge on any atom is -0.381 e. The van der Waals surface area contributed by atoms with Gasteiger partial charge in [-0.3, -0.25) is 4.98 Å². The van der Waals surface area contributed by atoms with E-state index in [0.717, 1.165) is 38.1 Å². The van der Waals surface area contributed by atoms with Crippen molar-refractivity contribution in [2.75, 3.05) is 19.8 Å². The minimum absolute atomic E-state index is 0.359. The van der Waals surface area contributed by atoms with Crippen LogP contribution in [0.5, 0.6) is 0 Å². The number of hydrogen-bond donors (Lipinski definition) is 1. The van der Waals surface area contributed by atoms with Gasteiger partial charge in [0.15, 0.2) is 0 Å². The second kappa shape index (κ2) is 7.01. The van der Waals surface area contributed by atoms with E-state index in [4.69, 9.17) is 4.74 Å². The van der Waals surface area contributed by atoms with Crippen LogP contribution in [-0.4, -0.2) is 24.7 Å². The van der Waals surface area contributed by atoms with Crippen LogP contribution in [0.1, 0.15) is 37.8 Å². The van der Waals surface area contributed by atoms with Gasteiger partial charge in [0.2, 0.25) is 0 Å². The summed E-state index contributed by atoms with van der Waals surface area (Å²) < 4.78 is 5.72. The summed E-state index contributed by atoms with van der Waals surface area (Å²) in [6.07, 6.45) is 5.48. The number of nitrogens with zero attached hydrogens (tertiary/aromatic N) is 1. The Bertz CT molecular complexity index is 573. The Morgan fingerprint density at radius 2 is 2.24 bits per heavy atom. The van der Waals surface area contributed by atoms with Crippen LogP contribution in [0, 0.1) is 5.92 Å². The third-order valence-electron chi connectivity index (χ3n) is 4.30. The van der Waals surface area contributed by atoms with Crippen LogP contribution in [0.3, 0.4) is 0 Å². The largest absolute Gasteiger partial charge is 0.381 e. The molecular formula is C18H24N2O. The van der Waals surface area contributed by atoms with Gasteiger partial charge in [-0.1, -0.05) is 25.1 Å². The van der Waals surface area contributed by atoms with Gasteiger partial charge in [0.05, 0.1) is 12.1 Å². The standard InChI is InChI=1S/C18H24N2O/c1-2-10-20-18(14-6-5-12-21-13-14)16-9-11-19-17-8-4-3-7-15(16)17/h3-4,7-9,11,14,18,20H,2,5-6,10,12-13H2,1H3. The highest BCUT2D eigenvalue weighted by Gasteiger charge is 2.26. The van der Waals surface area contributed by atoms with Crippen LogP contribution >= 0.6 is 0 Å². The van der Waals surface area contributed by atoms with E-state index in [1.807, 2.05) is 6.20 Å². The molecule has 2 atom stereocenters. The second-order valence-electron chi connectivity index (χ2n) is 5.83. The molecule has 0 bridgehead atoms. The van der Waals surface area contributed by atoms with Crippen molar-refractivity contribution in [1.82, 2.24) is 10.3 Å². The molecule has 0 radical (unpaired) electrons. The van der Waals surface area contributed by atoms with Crippen LogP contribution in [-0.2, 0) is 4.74 Å². The minimum atomic E-state index is 0.359. The van der Waals surface area contributed by atoms with E-state index >= 15 is 0 Å². The molecule has 0 saturated carbocycles. The predicted octanol–water partition coefficient (Wildman–Crippen LogP) is 3.70. The molecule has 3 nitrogen and oxygen atoms in total. The van der Waals surface area contributed by atoms with Crippen LogP contribution in [0.25, 0.3) is 10.9 Å². The zero-order valence-corrected chi connectivity index (χ0v) is 12.7. The number of nitrogens with one attached hydrogen (secondary N) is 1. The van der Waals surface area contributed by atoms with Gasteiger partial charge in [-0.2, -0.15) is 0 Å². The number of aromatic nitrogens is 1. The summed E-state index contributed by atoms with van der Waals surface area (Å²) in [5, 5.41) is 5.00. The Morgan fingerprint density at radius 3 is 3.05 bits per heavy atom. The lowest BCUT2D eigenvalue weighted by Crippen LogP contribution is -2.34. The molecular weight excluding hydrogens is 260 g/mol. The van der Waals surface area contributed by atoms with Crippen molar-refractivity contribution in [2.45, 2.75) is 32.2 Å². The van der Waals surface area contributed by atoms with Gasteiger partial charge in [-0.15, -0.1) is 0 Å². The zero-order chi connectivity index (χ0) is 14.5. The summed E-state index contributed by atoms with van der Waals surface area (Å²) in [4.78, 5) is 4.49. The van der Waals surface area contributed by atoms with E-state index in [0.29, 0.717) is 12.0 Å². The Kier molecular flexibility index (Phi) is 4.84. The number of pyridine rings is 1. The SMILES string of the molecule is CCCNC(c1ccnc2ccccc12)C1CCCOC1. The number of ether oxygens (including phenoxy) is 1. The van der Waals surface area contributed by atoms with Gasteiger partial charge < -0.3 is 10.1 Å². The van der Waals surface area contributed by atoms with Gasteiger partial charge in [0, 0.05) is 30.1 Å². The first-order chi connectivity index (χ1) is 10.4. The first kappa shape index (κ1) is 14.5. The lowest BCUT2D eigenvalue weighted by molar-refractivity contribution is 0.0392. The van der Waals surface area contributed by atoms with Crippen molar-refractivity contribution < 1.29 is 4.74 Å². The molecule has 3 rings (SSSR count). The summed E-state index contributed by atoms with van der Waals surface area (Å²) in [6, 6.07) is 11.0. The fourth-order valence-electron chi connectivity index (χ4n) is 3.25. The molecule has 1 aromatic carbocycles. The van der Waals surface area contributed by atoms with Crippen molar-refractivity contribution in [2.24, 2.45) is 5.92 Å². The summed E-state index contributed by atoms with van der Waals surface area (Å²) in [5.41, 5.74) is 2.44. The van der Waals surface area contributed by atoms with E-state index in [-0.39, 0.29) is 0 Å². The summed E-state index contributed by atoms with van der Waals surface area (Å²) in [7, 11) is 0. The molecule has 1 aliphatic rings. The fraction of sp³-hybridized carbons (Fsp3) is 0.500. The summed E-state index contributed by atoms with van der Waals surface area (Å²) in [5.74, 6) is 0.552. The van der Waals surface area contributed by atoms with E-state index in [1.165, 1.54) is 17.4 Å². The first-order valence-corrected chi connectivity index (χ1v) is 8.05. The highest BCUT2D eigenvalue weighted by molar-refractivity contribution is 5.82. The van der Waals surface area contributed by atoms with Gasteiger partial charge in [-0.25, -0.2) is 0 Å². The molecule has 1 fully saturated rings. The average molecular weight is 284 g/mol. The Balaban J connectivity index is 1.96. The van der Waals surface area contributed by atoms with Crippen LogP contribution in [0.15, 0.2) is 36.5 Å². The highest BCUT2D eigenvalue weighted by Crippen LogP contribution is 2.32. The van der Waals surface area contributed by atoms with Gasteiger partial charge >= 0.3 is 0 Å². The number of rotatable bonds is 5. The lowest BCUT2D eigenvalue weighted by Gasteiger charge is -2.32. The lowest BCUT2D eigenvalue weighted by atomic mass is 9.87. The third-order valence-corrected chi connectivity index (χ3v) is 4.30. The van der Waals surface area contributed by atoms with Crippen LogP contribution in [0.4, 0.5) is 0 Å². The molecule has 0 aliphatic carbocycles. The summed E-state index contributed by atoms with van der Waals surface area (Å²) >= 11 is 0. The smallest absolute Gasteiger partial charge is 0.0705 e. The topological polar surface area (TPSA) is 34.2 Å². The first-order valence-electron chi connectivity index (χ1n) is 8.05. The normalized spacial score (nSPS) is 20.5. The molecule has 1 saturated heterocycles. The predicted molar refractivity (Wildman–Crippen MR) is 86.3 cm³/mol. The maximum atomic E-state index is 5.72. The summed E-state index contributed by atoms with van der Waals surface area (Å²) in [6.45, 7) is 5.02. The van der Waals surface area contributed by atoms with Crippen molar-refractivity contribution in [3.63, 3.8) is 0 Å². The molecule has 1 aliphatic heterocycles. The molecule has 21 heavy (non-hydrogen) atoms. The van der Waals surface area contributed by atoms with E-state index in [9.17, 15) is 0 Å². The molecule has 1 aromatic heterocycles. The van der Waals surface area contributed by atoms with E-state index in [2.05, 4.69) is 47.6 Å². The molecule has 1 N–H and O–H groups in total. The molecule has 3 heteroatoms. The second-order valence-corrected chi connectivity index (χ2v) is 5.83. The Morgan fingerprint density at radius 1 is 1.33 bits per heavy atom. The Labute approximate surface area is 126 Å². The molecule has 2 aromatic rings. The van der Waals surface area contributed by atoms with E-state index < -0.39 is 0 Å². The monoisotopic (exact) mass is 284 g/mol. The molecule has 2 heterocycles. The van der Waals surface area contributed by atoms with Crippen molar-refractivity contribution in [1.29, 1.82) is 0 Å². The van der Waals surface area contributed by atoms with Gasteiger partial charge in [0.1, 0.15) is 0 Å². The zero-order valence-electron chi connectivity index (χ0n) is 12.7. The average Bonchev–Trinajstić information content (AvgIpc) is 2.56.